The van der Waals surface area contributed by atoms with Gasteiger partial charge in [0.2, 0.25) is 5.95 Å². The van der Waals surface area contributed by atoms with E-state index >= 15 is 0 Å². The van der Waals surface area contributed by atoms with E-state index in [-0.39, 0.29) is 6.04 Å². The highest BCUT2D eigenvalue weighted by molar-refractivity contribution is 5.44. The van der Waals surface area contributed by atoms with Gasteiger partial charge in [0.15, 0.2) is 0 Å². The van der Waals surface area contributed by atoms with Crippen LogP contribution in [0.4, 0.5) is 5.95 Å². The molecule has 20 heavy (non-hydrogen) atoms. The summed E-state index contributed by atoms with van der Waals surface area (Å²) in [6, 6.07) is 8.77. The molecule has 0 saturated carbocycles. The average molecular weight is 273 g/mol. The zero-order valence-corrected chi connectivity index (χ0v) is 12.6. The molecule has 0 spiro atoms. The summed E-state index contributed by atoms with van der Waals surface area (Å²) < 4.78 is 7.22. The van der Waals surface area contributed by atoms with E-state index in [1.54, 1.807) is 7.11 Å². The Balaban J connectivity index is 2.25. The highest BCUT2D eigenvalue weighted by Gasteiger charge is 2.09. The molecular formula is C16H23N3O. The summed E-state index contributed by atoms with van der Waals surface area (Å²) in [7, 11) is 1.71. The molecule has 2 rings (SSSR count). The lowest BCUT2D eigenvalue weighted by atomic mass is 10.0. The van der Waals surface area contributed by atoms with Crippen LogP contribution in [0.15, 0.2) is 36.7 Å². The molecule has 1 N–H and O–H groups in total. The van der Waals surface area contributed by atoms with Crippen LogP contribution in [0.3, 0.4) is 0 Å². The number of aromatic nitrogens is 2. The smallest absolute Gasteiger partial charge is 0.207 e. The normalized spacial score (nSPS) is 12.7. The molecule has 2 aromatic rings. The minimum Gasteiger partial charge on any atom is -0.383 e. The van der Waals surface area contributed by atoms with Gasteiger partial charge in [-0.15, -0.1) is 0 Å². The van der Waals surface area contributed by atoms with Crippen LogP contribution in [0.1, 0.15) is 32.3 Å². The number of benzene rings is 1. The molecule has 1 aromatic carbocycles. The van der Waals surface area contributed by atoms with Crippen LogP contribution >= 0.6 is 0 Å². The molecule has 1 unspecified atom stereocenters. The Morgan fingerprint density at radius 2 is 2.10 bits per heavy atom. The first kappa shape index (κ1) is 14.6. The van der Waals surface area contributed by atoms with Crippen LogP contribution in [0.5, 0.6) is 0 Å². The van der Waals surface area contributed by atoms with Crippen molar-refractivity contribution >= 4 is 5.95 Å². The molecule has 1 aromatic heterocycles. The number of nitrogens with one attached hydrogen (secondary N) is 1. The van der Waals surface area contributed by atoms with Gasteiger partial charge in [0.1, 0.15) is 0 Å². The lowest BCUT2D eigenvalue weighted by Crippen LogP contribution is -2.22. The molecule has 1 atom stereocenters. The van der Waals surface area contributed by atoms with Crippen molar-refractivity contribution in [1.29, 1.82) is 0 Å². The molecule has 0 fully saturated rings. The lowest BCUT2D eigenvalue weighted by Gasteiger charge is -2.16. The first-order valence-corrected chi connectivity index (χ1v) is 7.01. The molecule has 4 nitrogen and oxygen atoms in total. The van der Waals surface area contributed by atoms with Crippen molar-refractivity contribution in [3.8, 4) is 5.69 Å². The van der Waals surface area contributed by atoms with Crippen LogP contribution in [-0.4, -0.2) is 29.3 Å². The Bertz CT molecular complexity index is 548. The predicted molar refractivity (Wildman–Crippen MR) is 82.6 cm³/mol. The second kappa shape index (κ2) is 6.57. The summed E-state index contributed by atoms with van der Waals surface area (Å²) in [6.07, 6.45) is 3.78. The fourth-order valence-electron chi connectivity index (χ4n) is 2.16. The average Bonchev–Trinajstić information content (AvgIpc) is 2.87. The Hall–Kier alpha value is -1.81. The summed E-state index contributed by atoms with van der Waals surface area (Å²) in [5, 5.41) is 3.37. The second-order valence-corrected chi connectivity index (χ2v) is 5.37. The first-order chi connectivity index (χ1) is 9.61. The molecule has 0 aliphatic carbocycles. The topological polar surface area (TPSA) is 39.1 Å². The maximum absolute atomic E-state index is 5.15. The predicted octanol–water partition coefficient (Wildman–Crippen LogP) is 3.44. The third-order valence-electron chi connectivity index (χ3n) is 3.25. The van der Waals surface area contributed by atoms with E-state index in [4.69, 9.17) is 4.74 Å². The van der Waals surface area contributed by atoms with Crippen molar-refractivity contribution in [2.45, 2.75) is 32.7 Å². The molecule has 108 valence electrons. The van der Waals surface area contributed by atoms with Crippen LogP contribution in [0.25, 0.3) is 5.69 Å². The van der Waals surface area contributed by atoms with E-state index in [1.165, 1.54) is 5.56 Å². The third-order valence-corrected chi connectivity index (χ3v) is 3.25. The molecule has 0 amide bonds. The van der Waals surface area contributed by atoms with Gasteiger partial charge in [0, 0.05) is 31.2 Å². The van der Waals surface area contributed by atoms with Crippen LogP contribution in [0.2, 0.25) is 0 Å². The third kappa shape index (κ3) is 3.39. The zero-order chi connectivity index (χ0) is 14.5. The Kier molecular flexibility index (Phi) is 4.79. The van der Waals surface area contributed by atoms with Gasteiger partial charge in [-0.3, -0.25) is 4.57 Å². The lowest BCUT2D eigenvalue weighted by molar-refractivity contribution is 0.190. The van der Waals surface area contributed by atoms with Crippen molar-refractivity contribution in [3.05, 3.63) is 42.2 Å². The maximum atomic E-state index is 5.15. The minimum absolute atomic E-state index is 0.217. The molecule has 0 bridgehead atoms. The number of nitrogens with zero attached hydrogens (tertiary/aromatic N) is 2. The van der Waals surface area contributed by atoms with Crippen molar-refractivity contribution in [1.82, 2.24) is 9.55 Å². The summed E-state index contributed by atoms with van der Waals surface area (Å²) >= 11 is 0. The molecule has 0 aliphatic heterocycles. The summed E-state index contributed by atoms with van der Waals surface area (Å²) in [6.45, 7) is 7.13. The number of rotatable bonds is 6. The van der Waals surface area contributed by atoms with Crippen LogP contribution in [-0.2, 0) is 4.74 Å². The van der Waals surface area contributed by atoms with Crippen molar-refractivity contribution in [2.75, 3.05) is 19.0 Å². The fraction of sp³-hybridized carbons (Fsp3) is 0.438. The molecule has 1 heterocycles. The monoisotopic (exact) mass is 273 g/mol. The SMILES string of the molecule is COCC(C)Nc1nccn1-c1cccc(C(C)C)c1. The maximum Gasteiger partial charge on any atom is 0.207 e. The highest BCUT2D eigenvalue weighted by Crippen LogP contribution is 2.20. The van der Waals surface area contributed by atoms with Gasteiger partial charge in [-0.05, 0) is 30.5 Å². The van der Waals surface area contributed by atoms with Gasteiger partial charge in [0.05, 0.1) is 6.61 Å². The number of hydrogen-bond donors (Lipinski definition) is 1. The molecule has 0 saturated heterocycles. The van der Waals surface area contributed by atoms with Crippen LogP contribution in [0, 0.1) is 0 Å². The highest BCUT2D eigenvalue weighted by atomic mass is 16.5. The van der Waals surface area contributed by atoms with Gasteiger partial charge >= 0.3 is 0 Å². The Morgan fingerprint density at radius 1 is 1.30 bits per heavy atom. The Morgan fingerprint density at radius 3 is 2.80 bits per heavy atom. The van der Waals surface area contributed by atoms with E-state index in [9.17, 15) is 0 Å². The number of ether oxygens (including phenoxy) is 1. The molecule has 0 radical (unpaired) electrons. The quantitative estimate of drug-likeness (QED) is 0.876. The molecule has 4 heteroatoms. The molecular weight excluding hydrogens is 250 g/mol. The number of anilines is 1. The number of imidazole rings is 1. The van der Waals surface area contributed by atoms with Crippen molar-refractivity contribution in [2.24, 2.45) is 0 Å². The number of hydrogen-bond acceptors (Lipinski definition) is 3. The number of methoxy groups -OCH3 is 1. The van der Waals surface area contributed by atoms with E-state index in [0.29, 0.717) is 12.5 Å². The zero-order valence-electron chi connectivity index (χ0n) is 12.6. The van der Waals surface area contributed by atoms with Gasteiger partial charge < -0.3 is 10.1 Å². The van der Waals surface area contributed by atoms with Gasteiger partial charge in [0.25, 0.3) is 0 Å². The Labute approximate surface area is 120 Å². The summed E-state index contributed by atoms with van der Waals surface area (Å²) in [4.78, 5) is 4.39. The first-order valence-electron chi connectivity index (χ1n) is 7.01. The summed E-state index contributed by atoms with van der Waals surface area (Å²) in [5.74, 6) is 1.36. The minimum atomic E-state index is 0.217. The second-order valence-electron chi connectivity index (χ2n) is 5.37. The van der Waals surface area contributed by atoms with Crippen LogP contribution < -0.4 is 5.32 Å². The molecule has 0 aliphatic rings. The van der Waals surface area contributed by atoms with E-state index in [2.05, 4.69) is 59.9 Å². The van der Waals surface area contributed by atoms with Crippen molar-refractivity contribution in [3.63, 3.8) is 0 Å². The standard InChI is InChI=1S/C16H23N3O/c1-12(2)14-6-5-7-15(10-14)19-9-8-17-16(19)18-13(3)11-20-4/h5-10,12-13H,11H2,1-4H3,(H,17,18). The van der Waals surface area contributed by atoms with E-state index in [1.807, 2.05) is 12.4 Å². The van der Waals surface area contributed by atoms with Gasteiger partial charge in [-0.1, -0.05) is 26.0 Å². The summed E-state index contributed by atoms with van der Waals surface area (Å²) in [5.41, 5.74) is 2.45. The van der Waals surface area contributed by atoms with E-state index < -0.39 is 0 Å². The van der Waals surface area contributed by atoms with Gasteiger partial charge in [-0.2, -0.15) is 0 Å². The largest absolute Gasteiger partial charge is 0.383 e. The van der Waals surface area contributed by atoms with Crippen molar-refractivity contribution < 1.29 is 4.74 Å². The van der Waals surface area contributed by atoms with Gasteiger partial charge in [-0.25, -0.2) is 4.98 Å². The fourth-order valence-corrected chi connectivity index (χ4v) is 2.16. The van der Waals surface area contributed by atoms with E-state index in [0.717, 1.165) is 11.6 Å².